The van der Waals surface area contributed by atoms with Gasteiger partial charge in [-0.1, -0.05) is 80.1 Å². The second-order valence-electron chi connectivity index (χ2n) is 8.46. The number of rotatable bonds is 24. The number of unbranched alkanes of at least 4 members (excludes halogenated alkanes) is 6. The SMILES string of the molecule is CCCCOP(=O)([O-])OCCCC.CCCCOP(=O)([O-])OCCCC.CCCCOP(=O)([O-])OCCCC.[Cr+3]. The van der Waals surface area contributed by atoms with Crippen LogP contribution in [0, 0.1) is 0 Å². The number of hydrogen-bond acceptors (Lipinski definition) is 12. The van der Waals surface area contributed by atoms with E-state index in [2.05, 4.69) is 27.1 Å². The Morgan fingerprint density at radius 3 is 0.600 bits per heavy atom. The molecule has 0 atom stereocenters. The summed E-state index contributed by atoms with van der Waals surface area (Å²) >= 11 is 0. The van der Waals surface area contributed by atoms with Gasteiger partial charge in [-0.25, -0.2) is 0 Å². The minimum absolute atomic E-state index is 0. The predicted molar refractivity (Wildman–Crippen MR) is 148 cm³/mol. The molecule has 0 bridgehead atoms. The Labute approximate surface area is 254 Å². The van der Waals surface area contributed by atoms with Gasteiger partial charge < -0.3 is 41.8 Å². The summed E-state index contributed by atoms with van der Waals surface area (Å²) in [5, 5.41) is 0. The Kier molecular flexibility index (Phi) is 39.1. The van der Waals surface area contributed by atoms with Crippen molar-refractivity contribution in [2.24, 2.45) is 0 Å². The smallest absolute Gasteiger partial charge is 0.756 e. The summed E-state index contributed by atoms with van der Waals surface area (Å²) in [5.74, 6) is 0. The van der Waals surface area contributed by atoms with Crippen molar-refractivity contribution in [3.05, 3.63) is 0 Å². The van der Waals surface area contributed by atoms with Crippen LogP contribution in [0.4, 0.5) is 0 Å². The van der Waals surface area contributed by atoms with Gasteiger partial charge in [-0.05, 0) is 38.5 Å². The Bertz CT molecular complexity index is 531. The zero-order chi connectivity index (χ0) is 30.5. The molecule has 0 fully saturated rings. The maximum absolute atomic E-state index is 11.0. The summed E-state index contributed by atoms with van der Waals surface area (Å²) in [5.41, 5.74) is 0. The van der Waals surface area contributed by atoms with E-state index in [1.54, 1.807) is 0 Å². The van der Waals surface area contributed by atoms with E-state index in [0.717, 1.165) is 77.0 Å². The zero-order valence-corrected chi connectivity index (χ0v) is 29.3. The van der Waals surface area contributed by atoms with Gasteiger partial charge in [0.15, 0.2) is 0 Å². The van der Waals surface area contributed by atoms with Gasteiger partial charge in [0.05, 0.1) is 39.6 Å². The maximum Gasteiger partial charge on any atom is 3.00 e. The summed E-state index contributed by atoms with van der Waals surface area (Å²) < 4.78 is 60.5. The average molecular weight is 680 g/mol. The summed E-state index contributed by atoms with van der Waals surface area (Å²) in [7, 11) is -12.0. The second-order valence-corrected chi connectivity index (χ2v) is 12.7. The summed E-state index contributed by atoms with van der Waals surface area (Å²) in [6.07, 6.45) is 9.91. The topological polar surface area (TPSA) is 176 Å². The standard InChI is InChI=1S/3C8H19O4P.Cr/c3*1-3-5-7-11-13(9,10)12-8-6-4-2;/h3*3-8H2,1-2H3,(H,9,10);/q;;;+3/p-3. The van der Waals surface area contributed by atoms with E-state index in [9.17, 15) is 28.4 Å². The van der Waals surface area contributed by atoms with Gasteiger partial charge in [-0.15, -0.1) is 0 Å². The summed E-state index contributed by atoms with van der Waals surface area (Å²) in [6.45, 7) is 13.2. The van der Waals surface area contributed by atoms with Gasteiger partial charge in [0.2, 0.25) is 0 Å². The first-order chi connectivity index (χ1) is 18.4. The van der Waals surface area contributed by atoms with E-state index in [1.807, 2.05) is 41.5 Å². The molecule has 0 aromatic rings. The van der Waals surface area contributed by atoms with Crippen LogP contribution in [0.5, 0.6) is 0 Å². The van der Waals surface area contributed by atoms with Crippen LogP contribution in [-0.2, 0) is 58.2 Å². The van der Waals surface area contributed by atoms with Crippen LogP contribution < -0.4 is 14.7 Å². The van der Waals surface area contributed by atoms with Crippen molar-refractivity contribution in [2.45, 2.75) is 119 Å². The van der Waals surface area contributed by atoms with Crippen molar-refractivity contribution < 1.29 is 72.9 Å². The van der Waals surface area contributed by atoms with Crippen LogP contribution in [-0.4, -0.2) is 39.6 Å². The minimum Gasteiger partial charge on any atom is -0.756 e. The Balaban J connectivity index is -0.000000240. The van der Waals surface area contributed by atoms with Gasteiger partial charge in [0.25, 0.3) is 23.5 Å². The van der Waals surface area contributed by atoms with Gasteiger partial charge in [0, 0.05) is 0 Å². The average Bonchev–Trinajstić information content (AvgIpc) is 2.85. The monoisotopic (exact) mass is 679 g/mol. The van der Waals surface area contributed by atoms with Crippen molar-refractivity contribution in [3.8, 4) is 0 Å². The van der Waals surface area contributed by atoms with Gasteiger partial charge in [0.1, 0.15) is 0 Å². The van der Waals surface area contributed by atoms with Crippen molar-refractivity contribution in [3.63, 3.8) is 0 Å². The number of phosphoric acid groups is 3. The predicted octanol–water partition coefficient (Wildman–Crippen LogP) is 6.26. The van der Waals surface area contributed by atoms with Gasteiger partial charge in [-0.2, -0.15) is 0 Å². The van der Waals surface area contributed by atoms with Crippen molar-refractivity contribution in [1.82, 2.24) is 0 Å². The van der Waals surface area contributed by atoms with E-state index >= 15 is 0 Å². The molecular formula is C24H54CrO12P3. The largest absolute Gasteiger partial charge is 3.00 e. The molecule has 0 spiro atoms. The fourth-order valence-corrected chi connectivity index (χ4v) is 4.38. The fourth-order valence-electron chi connectivity index (χ4n) is 2.04. The van der Waals surface area contributed by atoms with Crippen LogP contribution in [0.2, 0.25) is 0 Å². The van der Waals surface area contributed by atoms with Crippen molar-refractivity contribution in [2.75, 3.05) is 39.6 Å². The molecule has 12 nitrogen and oxygen atoms in total. The molecule has 0 saturated carbocycles. The Morgan fingerprint density at radius 1 is 0.375 bits per heavy atom. The third kappa shape index (κ3) is 41.0. The van der Waals surface area contributed by atoms with Crippen LogP contribution in [0.15, 0.2) is 0 Å². The van der Waals surface area contributed by atoms with Gasteiger partial charge >= 0.3 is 17.4 Å². The molecule has 0 rings (SSSR count). The van der Waals surface area contributed by atoms with Crippen LogP contribution in [0.3, 0.4) is 0 Å². The minimum atomic E-state index is -4.00. The molecular weight excluding hydrogens is 625 g/mol. The second kappa shape index (κ2) is 32.8. The zero-order valence-electron chi connectivity index (χ0n) is 25.4. The molecule has 40 heavy (non-hydrogen) atoms. The molecule has 0 unspecified atom stereocenters. The molecule has 0 aliphatic heterocycles. The molecule has 243 valence electrons. The van der Waals surface area contributed by atoms with E-state index in [4.69, 9.17) is 0 Å². The Hall–Kier alpha value is 0.862. The number of hydrogen-bond donors (Lipinski definition) is 0. The Morgan fingerprint density at radius 2 is 0.500 bits per heavy atom. The molecule has 1 radical (unpaired) electrons. The molecule has 0 aromatic carbocycles. The number of phosphoric ester groups is 3. The molecule has 0 aliphatic carbocycles. The van der Waals surface area contributed by atoms with E-state index in [1.165, 1.54) is 0 Å². The molecule has 0 aromatic heterocycles. The van der Waals surface area contributed by atoms with E-state index < -0.39 is 23.5 Å². The van der Waals surface area contributed by atoms with Crippen LogP contribution >= 0.6 is 23.5 Å². The van der Waals surface area contributed by atoms with E-state index in [-0.39, 0.29) is 57.0 Å². The molecule has 16 heteroatoms. The van der Waals surface area contributed by atoms with Crippen LogP contribution in [0.25, 0.3) is 0 Å². The summed E-state index contributed by atoms with van der Waals surface area (Å²) in [6, 6.07) is 0. The molecule has 0 N–H and O–H groups in total. The molecule has 0 heterocycles. The first-order valence-corrected chi connectivity index (χ1v) is 18.5. The van der Waals surface area contributed by atoms with Crippen molar-refractivity contribution in [1.29, 1.82) is 0 Å². The van der Waals surface area contributed by atoms with Crippen molar-refractivity contribution >= 4 is 23.5 Å². The molecule has 0 amide bonds. The first-order valence-electron chi connectivity index (χ1n) is 14.2. The quantitative estimate of drug-likeness (QED) is 0.0828. The van der Waals surface area contributed by atoms with Crippen LogP contribution in [0.1, 0.15) is 119 Å². The molecule has 0 saturated heterocycles. The fraction of sp³-hybridized carbons (Fsp3) is 1.00. The first kappa shape index (κ1) is 47.8. The third-order valence-corrected chi connectivity index (χ3v) is 7.48. The van der Waals surface area contributed by atoms with Gasteiger partial charge in [-0.3, -0.25) is 13.7 Å². The third-order valence-electron chi connectivity index (χ3n) is 4.48. The molecule has 0 aliphatic rings. The maximum atomic E-state index is 11.0. The van der Waals surface area contributed by atoms with E-state index in [0.29, 0.717) is 0 Å². The normalized spacial score (nSPS) is 11.6. The summed E-state index contributed by atoms with van der Waals surface area (Å²) in [4.78, 5) is 32.9.